The summed E-state index contributed by atoms with van der Waals surface area (Å²) < 4.78 is 36.7. The second-order valence-electron chi connectivity index (χ2n) is 4.38. The lowest BCUT2D eigenvalue weighted by Gasteiger charge is -2.24. The molecule has 0 aliphatic heterocycles. The Labute approximate surface area is 101 Å². The van der Waals surface area contributed by atoms with Gasteiger partial charge in [-0.1, -0.05) is 0 Å². The summed E-state index contributed by atoms with van der Waals surface area (Å²) in [5.41, 5.74) is -1.93. The van der Waals surface area contributed by atoms with E-state index >= 15 is 0 Å². The van der Waals surface area contributed by atoms with Gasteiger partial charge in [-0.15, -0.1) is 10.2 Å². The first-order chi connectivity index (χ1) is 8.10. The molecule has 0 aliphatic carbocycles. The van der Waals surface area contributed by atoms with E-state index in [4.69, 9.17) is 5.11 Å². The van der Waals surface area contributed by atoms with Gasteiger partial charge in [0.1, 0.15) is 5.82 Å². The lowest BCUT2D eigenvalue weighted by atomic mass is 10.0. The molecular formula is C10H12F3N3O2. The molecule has 18 heavy (non-hydrogen) atoms. The zero-order chi connectivity index (χ0) is 14.0. The molecule has 0 aromatic carbocycles. The van der Waals surface area contributed by atoms with E-state index in [1.54, 1.807) is 13.8 Å². The summed E-state index contributed by atoms with van der Waals surface area (Å²) in [6.45, 7) is 3.20. The second-order valence-corrected chi connectivity index (χ2v) is 4.38. The SMILES string of the molecule is CC(C)(CC(=O)O)Nc1ccc(C(F)(F)F)nn1. The molecule has 0 amide bonds. The van der Waals surface area contributed by atoms with Crippen LogP contribution >= 0.6 is 0 Å². The van der Waals surface area contributed by atoms with Gasteiger partial charge < -0.3 is 10.4 Å². The summed E-state index contributed by atoms with van der Waals surface area (Å²) in [6, 6.07) is 1.89. The first-order valence-corrected chi connectivity index (χ1v) is 5.01. The summed E-state index contributed by atoms with van der Waals surface area (Å²) in [5.74, 6) is -0.929. The molecule has 0 radical (unpaired) electrons. The normalized spacial score (nSPS) is 12.3. The quantitative estimate of drug-likeness (QED) is 0.870. The fourth-order valence-electron chi connectivity index (χ4n) is 1.32. The van der Waals surface area contributed by atoms with Crippen molar-refractivity contribution in [3.63, 3.8) is 0 Å². The second kappa shape index (κ2) is 4.79. The van der Waals surface area contributed by atoms with Crippen LogP contribution in [0, 0.1) is 0 Å². The third-order valence-corrected chi connectivity index (χ3v) is 2.01. The zero-order valence-electron chi connectivity index (χ0n) is 9.75. The van der Waals surface area contributed by atoms with Gasteiger partial charge in [-0.2, -0.15) is 13.2 Å². The van der Waals surface area contributed by atoms with Crippen LogP contribution in [0.4, 0.5) is 19.0 Å². The van der Waals surface area contributed by atoms with E-state index in [-0.39, 0.29) is 12.2 Å². The van der Waals surface area contributed by atoms with E-state index in [1.807, 2.05) is 0 Å². The van der Waals surface area contributed by atoms with Crippen molar-refractivity contribution in [2.24, 2.45) is 0 Å². The summed E-state index contributed by atoms with van der Waals surface area (Å²) in [5, 5.41) is 17.8. The molecule has 1 aromatic rings. The van der Waals surface area contributed by atoms with Crippen molar-refractivity contribution in [1.82, 2.24) is 10.2 Å². The van der Waals surface area contributed by atoms with Crippen molar-refractivity contribution in [3.05, 3.63) is 17.8 Å². The number of carboxylic acid groups (broad SMARTS) is 1. The molecule has 0 spiro atoms. The number of anilines is 1. The van der Waals surface area contributed by atoms with Gasteiger partial charge in [0.15, 0.2) is 5.69 Å². The van der Waals surface area contributed by atoms with Gasteiger partial charge in [0.25, 0.3) is 0 Å². The first kappa shape index (κ1) is 14.2. The van der Waals surface area contributed by atoms with Gasteiger partial charge in [-0.25, -0.2) is 0 Å². The first-order valence-electron chi connectivity index (χ1n) is 5.01. The highest BCUT2D eigenvalue weighted by atomic mass is 19.4. The number of carboxylic acids is 1. The Morgan fingerprint density at radius 2 is 1.94 bits per heavy atom. The summed E-state index contributed by atoms with van der Waals surface area (Å²) in [6.07, 6.45) is -4.74. The maximum Gasteiger partial charge on any atom is 0.435 e. The van der Waals surface area contributed by atoms with Crippen molar-refractivity contribution in [1.29, 1.82) is 0 Å². The number of aromatic nitrogens is 2. The van der Waals surface area contributed by atoms with Crippen LogP contribution < -0.4 is 5.32 Å². The monoisotopic (exact) mass is 263 g/mol. The minimum atomic E-state index is -4.54. The van der Waals surface area contributed by atoms with Crippen LogP contribution in [-0.2, 0) is 11.0 Å². The van der Waals surface area contributed by atoms with Crippen LogP contribution in [0.3, 0.4) is 0 Å². The number of aliphatic carboxylic acids is 1. The van der Waals surface area contributed by atoms with Gasteiger partial charge in [-0.3, -0.25) is 4.79 Å². The molecule has 1 rings (SSSR count). The van der Waals surface area contributed by atoms with Crippen LogP contribution in [0.2, 0.25) is 0 Å². The van der Waals surface area contributed by atoms with Crippen molar-refractivity contribution in [2.75, 3.05) is 5.32 Å². The molecule has 0 atom stereocenters. The number of nitrogens with one attached hydrogen (secondary N) is 1. The van der Waals surface area contributed by atoms with Crippen LogP contribution in [0.5, 0.6) is 0 Å². The maximum atomic E-state index is 12.2. The third kappa shape index (κ3) is 4.19. The van der Waals surface area contributed by atoms with Gasteiger partial charge in [0.05, 0.1) is 6.42 Å². The number of carbonyl (C=O) groups is 1. The molecule has 1 heterocycles. The van der Waals surface area contributed by atoms with Crippen molar-refractivity contribution in [2.45, 2.75) is 32.0 Å². The van der Waals surface area contributed by atoms with Gasteiger partial charge >= 0.3 is 12.1 Å². The highest BCUT2D eigenvalue weighted by Crippen LogP contribution is 2.27. The highest BCUT2D eigenvalue weighted by molar-refractivity contribution is 5.69. The third-order valence-electron chi connectivity index (χ3n) is 2.01. The van der Waals surface area contributed by atoms with Crippen molar-refractivity contribution >= 4 is 11.8 Å². The smallest absolute Gasteiger partial charge is 0.435 e. The lowest BCUT2D eigenvalue weighted by Crippen LogP contribution is -2.34. The minimum absolute atomic E-state index is 0.0919. The van der Waals surface area contributed by atoms with E-state index in [0.717, 1.165) is 12.1 Å². The lowest BCUT2D eigenvalue weighted by molar-refractivity contribution is -0.141. The molecule has 100 valence electrons. The molecular weight excluding hydrogens is 251 g/mol. The topological polar surface area (TPSA) is 75.1 Å². The Hall–Kier alpha value is -1.86. The van der Waals surface area contributed by atoms with Gasteiger partial charge in [0.2, 0.25) is 0 Å². The summed E-state index contributed by atoms with van der Waals surface area (Å²) >= 11 is 0. The van der Waals surface area contributed by atoms with E-state index in [2.05, 4.69) is 15.5 Å². The van der Waals surface area contributed by atoms with Crippen LogP contribution in [0.25, 0.3) is 0 Å². The molecule has 0 saturated carbocycles. The standard InChI is InChI=1S/C10H12F3N3O2/c1-9(2,5-8(17)18)14-7-4-3-6(15-16-7)10(11,12)13/h3-4H,5H2,1-2H3,(H,14,16)(H,17,18). The van der Waals surface area contributed by atoms with Crippen molar-refractivity contribution in [3.8, 4) is 0 Å². The number of alkyl halides is 3. The predicted octanol–water partition coefficient (Wildman–Crippen LogP) is 2.16. The Balaban J connectivity index is 2.78. The fourth-order valence-corrected chi connectivity index (χ4v) is 1.32. The molecule has 0 fully saturated rings. The van der Waals surface area contributed by atoms with Crippen molar-refractivity contribution < 1.29 is 23.1 Å². The number of nitrogens with zero attached hydrogens (tertiary/aromatic N) is 2. The molecule has 0 saturated heterocycles. The average Bonchev–Trinajstić information content (AvgIpc) is 2.13. The van der Waals surface area contributed by atoms with Crippen LogP contribution in [0.15, 0.2) is 12.1 Å². The molecule has 0 unspecified atom stereocenters. The number of hydrogen-bond donors (Lipinski definition) is 2. The summed E-state index contributed by atoms with van der Waals surface area (Å²) in [7, 11) is 0. The molecule has 1 aromatic heterocycles. The minimum Gasteiger partial charge on any atom is -0.481 e. The fraction of sp³-hybridized carbons (Fsp3) is 0.500. The van der Waals surface area contributed by atoms with Gasteiger partial charge in [0, 0.05) is 5.54 Å². The molecule has 0 aliphatic rings. The van der Waals surface area contributed by atoms with Crippen LogP contribution in [-0.4, -0.2) is 26.8 Å². The molecule has 5 nitrogen and oxygen atoms in total. The Morgan fingerprint density at radius 3 is 2.33 bits per heavy atom. The number of halogens is 3. The Bertz CT molecular complexity index is 429. The molecule has 8 heteroatoms. The van der Waals surface area contributed by atoms with E-state index in [0.29, 0.717) is 0 Å². The zero-order valence-corrected chi connectivity index (χ0v) is 9.75. The summed E-state index contributed by atoms with van der Waals surface area (Å²) in [4.78, 5) is 10.6. The van der Waals surface area contributed by atoms with E-state index < -0.39 is 23.4 Å². The highest BCUT2D eigenvalue weighted by Gasteiger charge is 2.33. The van der Waals surface area contributed by atoms with E-state index in [1.165, 1.54) is 0 Å². The largest absolute Gasteiger partial charge is 0.481 e. The number of rotatable bonds is 4. The number of hydrogen-bond acceptors (Lipinski definition) is 4. The Morgan fingerprint density at radius 1 is 1.33 bits per heavy atom. The maximum absolute atomic E-state index is 12.2. The predicted molar refractivity (Wildman–Crippen MR) is 57.0 cm³/mol. The van der Waals surface area contributed by atoms with E-state index in [9.17, 15) is 18.0 Å². The Kier molecular flexibility index (Phi) is 3.78. The molecule has 2 N–H and O–H groups in total. The van der Waals surface area contributed by atoms with Crippen LogP contribution in [0.1, 0.15) is 26.0 Å². The van der Waals surface area contributed by atoms with Gasteiger partial charge in [-0.05, 0) is 26.0 Å². The average molecular weight is 263 g/mol. The molecule has 0 bridgehead atoms.